The number of rotatable bonds is 1. The molecule has 1 N–H and O–H groups in total. The minimum Gasteiger partial charge on any atom is -0.332 e. The van der Waals surface area contributed by atoms with Crippen LogP contribution in [0.25, 0.3) is 0 Å². The molecule has 0 aromatic heterocycles. The van der Waals surface area contributed by atoms with Gasteiger partial charge in [-0.1, -0.05) is 18.2 Å². The third kappa shape index (κ3) is 2.28. The standard InChI is InChI=1S/C13H17N3S/c17-13(14-12-4-2-1-3-5-12)16-10-11-6-8-15(16)9-7-11/h1-5,11H,6-10H2,(H,14,17). The minimum absolute atomic E-state index is 0.829. The molecule has 4 rings (SSSR count). The van der Waals surface area contributed by atoms with Gasteiger partial charge in [-0.25, -0.2) is 5.01 Å². The topological polar surface area (TPSA) is 18.5 Å². The first-order chi connectivity index (χ1) is 8.33. The Bertz CT molecular complexity index is 398. The van der Waals surface area contributed by atoms with Crippen LogP contribution in [0, 0.1) is 5.92 Å². The van der Waals surface area contributed by atoms with Crippen molar-refractivity contribution in [2.45, 2.75) is 12.8 Å². The number of benzene rings is 1. The highest BCUT2D eigenvalue weighted by molar-refractivity contribution is 7.80. The lowest BCUT2D eigenvalue weighted by Crippen LogP contribution is -2.58. The van der Waals surface area contributed by atoms with Crippen molar-refractivity contribution in [2.24, 2.45) is 5.92 Å². The highest BCUT2D eigenvalue weighted by Gasteiger charge is 2.33. The van der Waals surface area contributed by atoms with E-state index in [4.69, 9.17) is 12.2 Å². The van der Waals surface area contributed by atoms with Gasteiger partial charge in [0.25, 0.3) is 0 Å². The first kappa shape index (κ1) is 11.0. The van der Waals surface area contributed by atoms with E-state index in [1.54, 1.807) is 0 Å². The van der Waals surface area contributed by atoms with Crippen LogP contribution in [-0.4, -0.2) is 34.8 Å². The normalized spacial score (nSPS) is 26.9. The van der Waals surface area contributed by atoms with Crippen molar-refractivity contribution in [1.29, 1.82) is 0 Å². The molecule has 0 amide bonds. The molecule has 3 heterocycles. The van der Waals surface area contributed by atoms with Crippen molar-refractivity contribution in [1.82, 2.24) is 10.0 Å². The van der Waals surface area contributed by atoms with Gasteiger partial charge < -0.3 is 5.32 Å². The van der Waals surface area contributed by atoms with Gasteiger partial charge in [0.2, 0.25) is 0 Å². The molecule has 0 radical (unpaired) electrons. The zero-order valence-corrected chi connectivity index (χ0v) is 10.6. The molecule has 0 spiro atoms. The summed E-state index contributed by atoms with van der Waals surface area (Å²) in [6, 6.07) is 10.1. The SMILES string of the molecule is S=C(Nc1ccccc1)N1CC2CCN1CC2. The summed E-state index contributed by atoms with van der Waals surface area (Å²) >= 11 is 5.49. The Morgan fingerprint density at radius 2 is 1.88 bits per heavy atom. The van der Waals surface area contributed by atoms with E-state index in [1.165, 1.54) is 12.8 Å². The second-order valence-corrected chi connectivity index (χ2v) is 5.16. The van der Waals surface area contributed by atoms with Gasteiger partial charge in [-0.2, -0.15) is 0 Å². The van der Waals surface area contributed by atoms with Gasteiger partial charge in [-0.15, -0.1) is 0 Å². The van der Waals surface area contributed by atoms with Crippen LogP contribution < -0.4 is 5.32 Å². The number of anilines is 1. The Labute approximate surface area is 107 Å². The summed E-state index contributed by atoms with van der Waals surface area (Å²) < 4.78 is 0. The summed E-state index contributed by atoms with van der Waals surface area (Å²) in [6.45, 7) is 3.39. The maximum absolute atomic E-state index is 5.49. The lowest BCUT2D eigenvalue weighted by atomic mass is 9.95. The zero-order valence-electron chi connectivity index (χ0n) is 9.80. The van der Waals surface area contributed by atoms with E-state index in [-0.39, 0.29) is 0 Å². The average molecular weight is 247 g/mol. The maximum Gasteiger partial charge on any atom is 0.188 e. The highest BCUT2D eigenvalue weighted by Crippen LogP contribution is 2.27. The lowest BCUT2D eigenvalue weighted by Gasteiger charge is -2.48. The van der Waals surface area contributed by atoms with Gasteiger partial charge in [0, 0.05) is 25.3 Å². The molecular weight excluding hydrogens is 230 g/mol. The molecule has 90 valence electrons. The number of nitrogens with one attached hydrogen (secondary N) is 1. The van der Waals surface area contributed by atoms with Crippen LogP contribution in [0.3, 0.4) is 0 Å². The van der Waals surface area contributed by atoms with Crippen molar-refractivity contribution in [3.05, 3.63) is 30.3 Å². The fourth-order valence-corrected chi connectivity index (χ4v) is 2.93. The van der Waals surface area contributed by atoms with Crippen LogP contribution >= 0.6 is 12.2 Å². The predicted molar refractivity (Wildman–Crippen MR) is 73.7 cm³/mol. The van der Waals surface area contributed by atoms with Crippen molar-refractivity contribution < 1.29 is 0 Å². The molecule has 0 saturated carbocycles. The van der Waals surface area contributed by atoms with Crippen molar-refractivity contribution in [2.75, 3.05) is 25.0 Å². The summed E-state index contributed by atoms with van der Waals surface area (Å²) in [5.74, 6) is 0.829. The van der Waals surface area contributed by atoms with Crippen molar-refractivity contribution >= 4 is 23.0 Å². The molecule has 4 heteroatoms. The first-order valence-electron chi connectivity index (χ1n) is 6.21. The smallest absolute Gasteiger partial charge is 0.188 e. The summed E-state index contributed by atoms with van der Waals surface area (Å²) in [7, 11) is 0. The summed E-state index contributed by atoms with van der Waals surface area (Å²) in [4.78, 5) is 0. The number of hydrazine groups is 1. The minimum atomic E-state index is 0.829. The zero-order chi connectivity index (χ0) is 11.7. The van der Waals surface area contributed by atoms with Crippen LogP contribution in [0.4, 0.5) is 5.69 Å². The Morgan fingerprint density at radius 1 is 1.18 bits per heavy atom. The molecule has 3 fully saturated rings. The van der Waals surface area contributed by atoms with Gasteiger partial charge in [-0.3, -0.25) is 5.01 Å². The molecule has 1 aromatic rings. The molecule has 0 unspecified atom stereocenters. The maximum atomic E-state index is 5.49. The number of fused-ring (bicyclic) bond motifs is 3. The van der Waals surface area contributed by atoms with E-state index in [9.17, 15) is 0 Å². The summed E-state index contributed by atoms with van der Waals surface area (Å²) in [5, 5.41) is 8.76. The number of piperidine rings is 1. The van der Waals surface area contributed by atoms with Crippen molar-refractivity contribution in [3.63, 3.8) is 0 Å². The molecule has 0 atom stereocenters. The van der Waals surface area contributed by atoms with E-state index in [0.717, 1.165) is 36.4 Å². The molecule has 3 aliphatic heterocycles. The van der Waals surface area contributed by atoms with E-state index in [1.807, 2.05) is 30.3 Å². The van der Waals surface area contributed by atoms with Gasteiger partial charge in [-0.05, 0) is 43.1 Å². The Morgan fingerprint density at radius 3 is 2.47 bits per heavy atom. The van der Waals surface area contributed by atoms with E-state index in [0.29, 0.717) is 0 Å². The Hall–Kier alpha value is -1.13. The Kier molecular flexibility index (Phi) is 2.99. The Balaban J connectivity index is 1.67. The molecule has 3 aliphatic rings. The van der Waals surface area contributed by atoms with E-state index in [2.05, 4.69) is 15.3 Å². The van der Waals surface area contributed by atoms with E-state index >= 15 is 0 Å². The van der Waals surface area contributed by atoms with Crippen LogP contribution in [0.15, 0.2) is 30.3 Å². The first-order valence-corrected chi connectivity index (χ1v) is 6.62. The van der Waals surface area contributed by atoms with Gasteiger partial charge in [0.05, 0.1) is 0 Å². The molecule has 2 bridgehead atoms. The number of para-hydroxylation sites is 1. The lowest BCUT2D eigenvalue weighted by molar-refractivity contribution is -0.0542. The molecule has 17 heavy (non-hydrogen) atoms. The molecular formula is C13H17N3S. The van der Waals surface area contributed by atoms with Crippen LogP contribution in [0.2, 0.25) is 0 Å². The average Bonchev–Trinajstić information content (AvgIpc) is 2.41. The fraction of sp³-hybridized carbons (Fsp3) is 0.462. The van der Waals surface area contributed by atoms with Gasteiger partial charge in [0.15, 0.2) is 5.11 Å². The number of hydrogen-bond acceptors (Lipinski definition) is 2. The number of nitrogens with zero attached hydrogens (tertiary/aromatic N) is 2. The largest absolute Gasteiger partial charge is 0.332 e. The quantitative estimate of drug-likeness (QED) is 0.767. The molecule has 0 aliphatic carbocycles. The second kappa shape index (κ2) is 4.63. The van der Waals surface area contributed by atoms with Crippen LogP contribution in [0.1, 0.15) is 12.8 Å². The second-order valence-electron chi connectivity index (χ2n) is 4.78. The summed E-state index contributed by atoms with van der Waals surface area (Å²) in [6.07, 6.45) is 2.65. The highest BCUT2D eigenvalue weighted by atomic mass is 32.1. The van der Waals surface area contributed by atoms with Crippen molar-refractivity contribution in [3.8, 4) is 0 Å². The molecule has 1 aromatic carbocycles. The van der Waals surface area contributed by atoms with Gasteiger partial charge >= 0.3 is 0 Å². The third-order valence-corrected chi connectivity index (χ3v) is 3.94. The fourth-order valence-electron chi connectivity index (χ4n) is 2.62. The number of hydrogen-bond donors (Lipinski definition) is 1. The van der Waals surface area contributed by atoms with Crippen LogP contribution in [-0.2, 0) is 0 Å². The third-order valence-electron chi connectivity index (χ3n) is 3.62. The monoisotopic (exact) mass is 247 g/mol. The number of thiocarbonyl (C=S) groups is 1. The van der Waals surface area contributed by atoms with E-state index < -0.39 is 0 Å². The van der Waals surface area contributed by atoms with Crippen LogP contribution in [0.5, 0.6) is 0 Å². The van der Waals surface area contributed by atoms with Gasteiger partial charge in [0.1, 0.15) is 0 Å². The predicted octanol–water partition coefficient (Wildman–Crippen LogP) is 2.33. The summed E-state index contributed by atoms with van der Waals surface area (Å²) in [5.41, 5.74) is 1.07. The molecule has 3 saturated heterocycles. The molecule has 3 nitrogen and oxygen atoms in total.